The van der Waals surface area contributed by atoms with Gasteiger partial charge in [-0.3, -0.25) is 9.52 Å². The van der Waals surface area contributed by atoms with E-state index in [0.29, 0.717) is 24.2 Å². The van der Waals surface area contributed by atoms with Crippen LogP contribution in [0.15, 0.2) is 42.9 Å². The van der Waals surface area contributed by atoms with Crippen molar-refractivity contribution in [3.05, 3.63) is 71.4 Å². The van der Waals surface area contributed by atoms with Crippen LogP contribution in [0.3, 0.4) is 0 Å². The third-order valence-electron chi connectivity index (χ3n) is 6.76. The van der Waals surface area contributed by atoms with E-state index in [2.05, 4.69) is 20.3 Å². The van der Waals surface area contributed by atoms with E-state index in [4.69, 9.17) is 0 Å². The first kappa shape index (κ1) is 27.6. The molecule has 0 aliphatic carbocycles. The van der Waals surface area contributed by atoms with Crippen molar-refractivity contribution in [1.29, 1.82) is 0 Å². The molecule has 3 aromatic heterocycles. The monoisotopic (exact) mass is 573 g/mol. The molecule has 10 nitrogen and oxygen atoms in total. The summed E-state index contributed by atoms with van der Waals surface area (Å²) < 4.78 is 72.8. The molecule has 1 aliphatic heterocycles. The fourth-order valence-corrected chi connectivity index (χ4v) is 5.34. The normalized spacial score (nSPS) is 14.2. The summed E-state index contributed by atoms with van der Waals surface area (Å²) in [6.07, 6.45) is 4.23. The lowest BCUT2D eigenvalue weighted by Gasteiger charge is -2.28. The molecule has 0 spiro atoms. The number of nitrogens with zero attached hydrogens (tertiary/aromatic N) is 4. The number of anilines is 2. The Bertz CT molecular complexity index is 1710. The number of aromatic amines is 1. The van der Waals surface area contributed by atoms with Gasteiger partial charge >= 0.3 is 10.2 Å². The lowest BCUT2D eigenvalue weighted by molar-refractivity contribution is 0.103. The maximum atomic E-state index is 15.4. The average Bonchev–Trinajstić information content (AvgIpc) is 3.38. The Morgan fingerprint density at radius 1 is 1.07 bits per heavy atom. The van der Waals surface area contributed by atoms with Gasteiger partial charge in [0.25, 0.3) is 0 Å². The number of hydrogen-bond acceptors (Lipinski definition) is 7. The molecule has 0 atom stereocenters. The number of rotatable bonds is 8. The average molecular weight is 574 g/mol. The first-order chi connectivity index (χ1) is 19.1. The highest BCUT2D eigenvalue weighted by molar-refractivity contribution is 7.90. The zero-order chi connectivity index (χ0) is 28.6. The predicted molar refractivity (Wildman–Crippen MR) is 145 cm³/mol. The summed E-state index contributed by atoms with van der Waals surface area (Å²) in [4.78, 5) is 26.6. The number of fused-ring (bicyclic) bond motifs is 1. The molecule has 40 heavy (non-hydrogen) atoms. The van der Waals surface area contributed by atoms with Gasteiger partial charge in [0.15, 0.2) is 17.5 Å². The van der Waals surface area contributed by atoms with Crippen LogP contribution in [0.25, 0.3) is 22.2 Å². The first-order valence-electron chi connectivity index (χ1n) is 12.5. The third kappa shape index (κ3) is 5.12. The molecule has 4 heterocycles. The molecule has 4 aromatic rings. The number of pyridine rings is 2. The number of halogens is 3. The molecule has 5 rings (SSSR count). The van der Waals surface area contributed by atoms with E-state index in [1.807, 2.05) is 9.62 Å². The number of carbonyl (C=O) groups is 1. The van der Waals surface area contributed by atoms with Crippen molar-refractivity contribution in [2.45, 2.75) is 6.92 Å². The van der Waals surface area contributed by atoms with Crippen LogP contribution in [-0.4, -0.2) is 73.2 Å². The SMILES string of the molecule is CCN(C)S(=O)(=O)Nc1ccc(F)c(C(=O)c2c[nH]c3ncc(-c4cnc(N5CCNCC5)c(F)c4)cc23)c1F. The molecular formula is C26H26F3N7O3S. The number of benzene rings is 1. The summed E-state index contributed by atoms with van der Waals surface area (Å²) in [7, 11) is -2.85. The zero-order valence-corrected chi connectivity index (χ0v) is 22.4. The van der Waals surface area contributed by atoms with Crippen LogP contribution in [0.1, 0.15) is 22.8 Å². The van der Waals surface area contributed by atoms with Crippen LogP contribution in [0.2, 0.25) is 0 Å². The van der Waals surface area contributed by atoms with Gasteiger partial charge in [-0.25, -0.2) is 23.1 Å². The molecule has 14 heteroatoms. The van der Waals surface area contributed by atoms with E-state index in [1.54, 1.807) is 13.0 Å². The fourth-order valence-electron chi connectivity index (χ4n) is 4.41. The molecule has 210 valence electrons. The summed E-state index contributed by atoms with van der Waals surface area (Å²) in [5.74, 6) is -3.82. The lowest BCUT2D eigenvalue weighted by atomic mass is 10.00. The van der Waals surface area contributed by atoms with E-state index in [9.17, 15) is 22.0 Å². The Balaban J connectivity index is 1.50. The summed E-state index contributed by atoms with van der Waals surface area (Å²) in [5.41, 5.74) is -0.504. The molecule has 0 unspecified atom stereocenters. The van der Waals surface area contributed by atoms with Crippen molar-refractivity contribution in [3.63, 3.8) is 0 Å². The van der Waals surface area contributed by atoms with Crippen LogP contribution >= 0.6 is 0 Å². The third-order valence-corrected chi connectivity index (χ3v) is 8.32. The molecule has 1 aromatic carbocycles. The minimum Gasteiger partial charge on any atom is -0.352 e. The second kappa shape index (κ2) is 10.9. The van der Waals surface area contributed by atoms with Gasteiger partial charge < -0.3 is 15.2 Å². The molecule has 1 aliphatic rings. The van der Waals surface area contributed by atoms with Gasteiger partial charge in [0, 0.05) is 80.4 Å². The summed E-state index contributed by atoms with van der Waals surface area (Å²) in [6.45, 7) is 4.37. The highest BCUT2D eigenvalue weighted by atomic mass is 32.2. The number of aromatic nitrogens is 3. The molecule has 0 bridgehead atoms. The van der Waals surface area contributed by atoms with Gasteiger partial charge in [0.2, 0.25) is 5.78 Å². The van der Waals surface area contributed by atoms with Crippen LogP contribution in [0.5, 0.6) is 0 Å². The van der Waals surface area contributed by atoms with Crippen molar-refractivity contribution in [2.24, 2.45) is 0 Å². The Morgan fingerprint density at radius 2 is 1.77 bits per heavy atom. The van der Waals surface area contributed by atoms with E-state index in [1.165, 1.54) is 31.7 Å². The van der Waals surface area contributed by atoms with Gasteiger partial charge in [0.1, 0.15) is 11.5 Å². The van der Waals surface area contributed by atoms with Crippen molar-refractivity contribution < 1.29 is 26.4 Å². The molecular weight excluding hydrogens is 547 g/mol. The van der Waals surface area contributed by atoms with E-state index in [0.717, 1.165) is 29.5 Å². The van der Waals surface area contributed by atoms with Crippen LogP contribution in [0.4, 0.5) is 24.7 Å². The number of piperazine rings is 1. The van der Waals surface area contributed by atoms with Gasteiger partial charge in [-0.15, -0.1) is 0 Å². The highest BCUT2D eigenvalue weighted by Crippen LogP contribution is 2.30. The Labute approximate surface area is 228 Å². The second-order valence-corrected chi connectivity index (χ2v) is 11.0. The van der Waals surface area contributed by atoms with Gasteiger partial charge in [-0.1, -0.05) is 6.92 Å². The van der Waals surface area contributed by atoms with Crippen LogP contribution in [-0.2, 0) is 10.2 Å². The topological polar surface area (TPSA) is 123 Å². The smallest absolute Gasteiger partial charge is 0.301 e. The number of hydrogen-bond donors (Lipinski definition) is 3. The summed E-state index contributed by atoms with van der Waals surface area (Å²) in [5, 5.41) is 3.44. The number of carbonyl (C=O) groups excluding carboxylic acids is 1. The number of H-pyrrole nitrogens is 1. The Hall–Kier alpha value is -4.01. The maximum absolute atomic E-state index is 15.4. The van der Waals surface area contributed by atoms with Gasteiger partial charge in [-0.2, -0.15) is 12.7 Å². The minimum atomic E-state index is -4.13. The van der Waals surface area contributed by atoms with Gasteiger partial charge in [-0.05, 0) is 24.3 Å². The van der Waals surface area contributed by atoms with E-state index < -0.39 is 44.7 Å². The lowest BCUT2D eigenvalue weighted by Crippen LogP contribution is -2.44. The summed E-state index contributed by atoms with van der Waals surface area (Å²) >= 11 is 0. The second-order valence-electron chi connectivity index (χ2n) is 9.22. The zero-order valence-electron chi connectivity index (χ0n) is 21.6. The molecule has 1 fully saturated rings. The van der Waals surface area contributed by atoms with Crippen molar-refractivity contribution in [3.8, 4) is 11.1 Å². The first-order valence-corrected chi connectivity index (χ1v) is 13.9. The quantitative estimate of drug-likeness (QED) is 0.277. The minimum absolute atomic E-state index is 0.0984. The fraction of sp³-hybridized carbons (Fsp3) is 0.269. The highest BCUT2D eigenvalue weighted by Gasteiger charge is 2.27. The van der Waals surface area contributed by atoms with Crippen LogP contribution in [0, 0.1) is 17.5 Å². The molecule has 0 radical (unpaired) electrons. The van der Waals surface area contributed by atoms with Crippen molar-refractivity contribution in [2.75, 3.05) is 49.4 Å². The van der Waals surface area contributed by atoms with Gasteiger partial charge in [0.05, 0.1) is 11.3 Å². The molecule has 0 saturated carbocycles. The number of ketones is 1. The number of nitrogens with one attached hydrogen (secondary N) is 3. The Kier molecular flexibility index (Phi) is 7.49. The molecule has 3 N–H and O–H groups in total. The van der Waals surface area contributed by atoms with Crippen molar-refractivity contribution >= 4 is 38.5 Å². The predicted octanol–water partition coefficient (Wildman–Crippen LogP) is 3.29. The van der Waals surface area contributed by atoms with E-state index in [-0.39, 0.29) is 29.0 Å². The largest absolute Gasteiger partial charge is 0.352 e. The standard InChI is InChI=1S/C26H26F3N7O3S/c1-3-35(2)40(38,39)34-21-5-4-19(27)22(23(21)29)24(37)18-14-32-25-17(18)10-15(12-31-25)16-11-20(28)26(33-13-16)36-8-6-30-7-9-36/h4-5,10-14,30,34H,3,6-9H2,1-2H3,(H,31,32). The maximum Gasteiger partial charge on any atom is 0.301 e. The molecule has 0 amide bonds. The molecule has 1 saturated heterocycles. The summed E-state index contributed by atoms with van der Waals surface area (Å²) in [6, 6.07) is 4.59. The Morgan fingerprint density at radius 3 is 2.48 bits per heavy atom. The van der Waals surface area contributed by atoms with E-state index >= 15 is 4.39 Å². The van der Waals surface area contributed by atoms with Crippen molar-refractivity contribution in [1.82, 2.24) is 24.6 Å². The van der Waals surface area contributed by atoms with Crippen LogP contribution < -0.4 is 14.9 Å².